The first-order valence-electron chi connectivity index (χ1n) is 5.45. The molecular weight excluding hydrogens is 274 g/mol. The fourth-order valence-electron chi connectivity index (χ4n) is 1.53. The molecule has 0 aliphatic rings. The highest BCUT2D eigenvalue weighted by Gasteiger charge is 2.22. The molecule has 8 heteroatoms. The van der Waals surface area contributed by atoms with E-state index in [2.05, 4.69) is 5.32 Å². The van der Waals surface area contributed by atoms with E-state index in [1.54, 1.807) is 7.05 Å². The Balaban J connectivity index is 2.74. The summed E-state index contributed by atoms with van der Waals surface area (Å²) in [4.78, 5) is 33.5. The molecule has 1 unspecified atom stereocenters. The van der Waals surface area contributed by atoms with Gasteiger partial charge in [0.25, 0.3) is 5.91 Å². The predicted molar refractivity (Wildman–Crippen MR) is 67.7 cm³/mol. The van der Waals surface area contributed by atoms with E-state index < -0.39 is 23.8 Å². The van der Waals surface area contributed by atoms with Crippen LogP contribution >= 0.6 is 11.6 Å². The zero-order chi connectivity index (χ0) is 14.6. The van der Waals surface area contributed by atoms with Gasteiger partial charge < -0.3 is 20.7 Å². The van der Waals surface area contributed by atoms with Crippen LogP contribution in [0.25, 0.3) is 0 Å². The van der Waals surface area contributed by atoms with Gasteiger partial charge in [-0.1, -0.05) is 11.6 Å². The number of carbonyl (C=O) groups is 3. The zero-order valence-electron chi connectivity index (χ0n) is 10.2. The molecule has 0 saturated carbocycles. The highest BCUT2D eigenvalue weighted by molar-refractivity contribution is 6.31. The average molecular weight is 288 g/mol. The van der Waals surface area contributed by atoms with Gasteiger partial charge >= 0.3 is 5.97 Å². The maximum absolute atomic E-state index is 11.9. The number of amides is 2. The Bertz CT molecular complexity index is 512. The number of primary amides is 1. The number of rotatable bonds is 6. The Morgan fingerprint density at radius 3 is 2.58 bits per heavy atom. The molecule has 0 bridgehead atoms. The number of nitrogens with one attached hydrogen (secondary N) is 1. The smallest absolute Gasteiger partial charge is 0.326 e. The lowest BCUT2D eigenvalue weighted by molar-refractivity contribution is -0.139. The highest BCUT2D eigenvalue weighted by Crippen LogP contribution is 2.13. The van der Waals surface area contributed by atoms with E-state index in [-0.39, 0.29) is 18.5 Å². The largest absolute Gasteiger partial charge is 0.480 e. The number of nitrogens with zero attached hydrogens (tertiary/aromatic N) is 1. The average Bonchev–Trinajstić information content (AvgIpc) is 2.62. The van der Waals surface area contributed by atoms with Crippen LogP contribution < -0.4 is 11.1 Å². The minimum atomic E-state index is -1.23. The van der Waals surface area contributed by atoms with Gasteiger partial charge in [-0.15, -0.1) is 0 Å². The molecule has 7 nitrogen and oxygen atoms in total. The summed E-state index contributed by atoms with van der Waals surface area (Å²) in [5.74, 6) is -2.43. The summed E-state index contributed by atoms with van der Waals surface area (Å²) in [5, 5.41) is 11.6. The SMILES string of the molecule is Cn1cc(Cl)cc1C(=O)NC(CCC(N)=O)C(=O)O. The number of aliphatic carboxylic acids is 1. The van der Waals surface area contributed by atoms with E-state index in [0.717, 1.165) is 0 Å². The van der Waals surface area contributed by atoms with E-state index >= 15 is 0 Å². The Morgan fingerprint density at radius 1 is 1.53 bits per heavy atom. The number of aryl methyl sites for hydroxylation is 1. The van der Waals surface area contributed by atoms with E-state index in [0.29, 0.717) is 5.02 Å². The van der Waals surface area contributed by atoms with Gasteiger partial charge in [0.1, 0.15) is 11.7 Å². The summed E-state index contributed by atoms with van der Waals surface area (Å²) < 4.78 is 1.48. The summed E-state index contributed by atoms with van der Waals surface area (Å²) in [5.41, 5.74) is 5.18. The Labute approximate surface area is 114 Å². The van der Waals surface area contributed by atoms with Gasteiger partial charge in [-0.2, -0.15) is 0 Å². The van der Waals surface area contributed by atoms with Crippen LogP contribution in [-0.4, -0.2) is 33.5 Å². The lowest BCUT2D eigenvalue weighted by atomic mass is 10.1. The van der Waals surface area contributed by atoms with Gasteiger partial charge in [0.05, 0.1) is 5.02 Å². The van der Waals surface area contributed by atoms with Crippen LogP contribution in [-0.2, 0) is 16.6 Å². The molecule has 1 aromatic heterocycles. The molecule has 0 spiro atoms. The van der Waals surface area contributed by atoms with Crippen molar-refractivity contribution in [3.05, 3.63) is 23.0 Å². The van der Waals surface area contributed by atoms with Crippen LogP contribution in [0.15, 0.2) is 12.3 Å². The number of hydrogen-bond donors (Lipinski definition) is 3. The molecular formula is C11H14ClN3O4. The van der Waals surface area contributed by atoms with Crippen molar-refractivity contribution in [3.8, 4) is 0 Å². The lowest BCUT2D eigenvalue weighted by Crippen LogP contribution is -2.41. The second kappa shape index (κ2) is 6.24. The Kier molecular flexibility index (Phi) is 4.94. The van der Waals surface area contributed by atoms with Crippen LogP contribution in [0.5, 0.6) is 0 Å². The molecule has 0 aromatic carbocycles. The lowest BCUT2D eigenvalue weighted by Gasteiger charge is -2.13. The molecule has 0 radical (unpaired) electrons. The van der Waals surface area contributed by atoms with Crippen LogP contribution in [0.3, 0.4) is 0 Å². The van der Waals surface area contributed by atoms with Crippen molar-refractivity contribution < 1.29 is 19.5 Å². The van der Waals surface area contributed by atoms with Crippen molar-refractivity contribution in [1.29, 1.82) is 0 Å². The molecule has 0 aliphatic heterocycles. The Hall–Kier alpha value is -2.02. The quantitative estimate of drug-likeness (QED) is 0.689. The highest BCUT2D eigenvalue weighted by atomic mass is 35.5. The summed E-state index contributed by atoms with van der Waals surface area (Å²) in [6.45, 7) is 0. The van der Waals surface area contributed by atoms with Crippen LogP contribution in [0.2, 0.25) is 5.02 Å². The van der Waals surface area contributed by atoms with Crippen LogP contribution in [0.1, 0.15) is 23.3 Å². The molecule has 0 aliphatic carbocycles. The van der Waals surface area contributed by atoms with E-state index in [1.165, 1.54) is 16.8 Å². The normalized spacial score (nSPS) is 11.9. The molecule has 4 N–H and O–H groups in total. The summed E-state index contributed by atoms with van der Waals surface area (Å²) in [6.07, 6.45) is 1.34. The van der Waals surface area contributed by atoms with Gasteiger partial charge in [-0.05, 0) is 12.5 Å². The number of aromatic nitrogens is 1. The number of carboxylic acid groups (broad SMARTS) is 1. The molecule has 0 fully saturated rings. The van der Waals surface area contributed by atoms with E-state index in [4.69, 9.17) is 22.4 Å². The van der Waals surface area contributed by atoms with E-state index in [9.17, 15) is 14.4 Å². The van der Waals surface area contributed by atoms with Gasteiger partial charge in [-0.25, -0.2) is 4.79 Å². The number of carboxylic acids is 1. The summed E-state index contributed by atoms with van der Waals surface area (Å²) in [6, 6.07) is 0.248. The second-order valence-corrected chi connectivity index (χ2v) is 4.46. The van der Waals surface area contributed by atoms with Gasteiger partial charge in [0, 0.05) is 19.7 Å². The van der Waals surface area contributed by atoms with Crippen molar-refractivity contribution in [2.45, 2.75) is 18.9 Å². The zero-order valence-corrected chi connectivity index (χ0v) is 11.0. The molecule has 1 rings (SSSR count). The maximum Gasteiger partial charge on any atom is 0.326 e. The third-order valence-electron chi connectivity index (χ3n) is 2.49. The number of carbonyl (C=O) groups excluding carboxylic acids is 2. The molecule has 0 saturated heterocycles. The van der Waals surface area contributed by atoms with Crippen LogP contribution in [0.4, 0.5) is 0 Å². The third-order valence-corrected chi connectivity index (χ3v) is 2.69. The first kappa shape index (κ1) is 15.0. The first-order valence-corrected chi connectivity index (χ1v) is 5.83. The topological polar surface area (TPSA) is 114 Å². The standard InChI is InChI=1S/C11H14ClN3O4/c1-15-5-6(12)4-8(15)10(17)14-7(11(18)19)2-3-9(13)16/h4-5,7H,2-3H2,1H3,(H2,13,16)(H,14,17)(H,18,19). The maximum atomic E-state index is 11.9. The van der Waals surface area contributed by atoms with Crippen molar-refractivity contribution in [3.63, 3.8) is 0 Å². The van der Waals surface area contributed by atoms with Crippen molar-refractivity contribution in [1.82, 2.24) is 9.88 Å². The number of hydrogen-bond acceptors (Lipinski definition) is 3. The van der Waals surface area contributed by atoms with Gasteiger partial charge in [0.15, 0.2) is 0 Å². The molecule has 1 heterocycles. The second-order valence-electron chi connectivity index (χ2n) is 4.02. The molecule has 1 atom stereocenters. The summed E-state index contributed by atoms with van der Waals surface area (Å²) >= 11 is 5.73. The number of halogens is 1. The fourth-order valence-corrected chi connectivity index (χ4v) is 1.78. The van der Waals surface area contributed by atoms with Crippen LogP contribution in [0, 0.1) is 0 Å². The fraction of sp³-hybridized carbons (Fsp3) is 0.364. The summed E-state index contributed by atoms with van der Waals surface area (Å²) in [7, 11) is 1.61. The number of nitrogens with two attached hydrogens (primary N) is 1. The third kappa shape index (κ3) is 4.29. The molecule has 19 heavy (non-hydrogen) atoms. The minimum absolute atomic E-state index is 0.0610. The van der Waals surface area contributed by atoms with E-state index in [1.807, 2.05) is 0 Å². The van der Waals surface area contributed by atoms with Crippen molar-refractivity contribution >= 4 is 29.4 Å². The predicted octanol–water partition coefficient (Wildman–Crippen LogP) is 0.127. The minimum Gasteiger partial charge on any atom is -0.480 e. The monoisotopic (exact) mass is 287 g/mol. The van der Waals surface area contributed by atoms with Gasteiger partial charge in [-0.3, -0.25) is 9.59 Å². The van der Waals surface area contributed by atoms with Crippen molar-refractivity contribution in [2.75, 3.05) is 0 Å². The van der Waals surface area contributed by atoms with Gasteiger partial charge in [0.2, 0.25) is 5.91 Å². The molecule has 2 amide bonds. The van der Waals surface area contributed by atoms with Crippen molar-refractivity contribution in [2.24, 2.45) is 12.8 Å². The molecule has 104 valence electrons. The molecule has 1 aromatic rings. The Morgan fingerprint density at radius 2 is 2.16 bits per heavy atom. The first-order chi connectivity index (χ1) is 8.81.